The van der Waals surface area contributed by atoms with E-state index in [1.54, 1.807) is 18.4 Å². The monoisotopic (exact) mass is 479 g/mol. The van der Waals surface area contributed by atoms with E-state index in [0.29, 0.717) is 6.54 Å². The van der Waals surface area contributed by atoms with Gasteiger partial charge in [0, 0.05) is 42.2 Å². The highest BCUT2D eigenvalue weighted by Crippen LogP contribution is 2.45. The largest absolute Gasteiger partial charge is 0.495 e. The first-order valence-corrected chi connectivity index (χ1v) is 12.8. The van der Waals surface area contributed by atoms with Crippen LogP contribution in [0, 0.1) is 5.41 Å². The lowest BCUT2D eigenvalue weighted by Crippen LogP contribution is -2.36. The van der Waals surface area contributed by atoms with Crippen LogP contribution in [0.4, 0.5) is 5.69 Å². The summed E-state index contributed by atoms with van der Waals surface area (Å²) in [6, 6.07) is 10.7. The van der Waals surface area contributed by atoms with Gasteiger partial charge in [-0.2, -0.15) is 0 Å². The second-order valence-corrected chi connectivity index (χ2v) is 11.1. The number of thiophene rings is 1. The van der Waals surface area contributed by atoms with Gasteiger partial charge in [-0.15, -0.1) is 11.3 Å². The van der Waals surface area contributed by atoms with Gasteiger partial charge < -0.3 is 24.3 Å². The van der Waals surface area contributed by atoms with Gasteiger partial charge in [-0.3, -0.25) is 4.79 Å². The number of benzene rings is 1. The van der Waals surface area contributed by atoms with Gasteiger partial charge >= 0.3 is 0 Å². The molecule has 2 aliphatic heterocycles. The molecule has 34 heavy (non-hydrogen) atoms. The van der Waals surface area contributed by atoms with Crippen molar-refractivity contribution in [2.24, 2.45) is 5.41 Å². The molecule has 1 N–H and O–H groups in total. The molecule has 0 radical (unpaired) electrons. The number of carbonyl (C=O) groups is 1. The van der Waals surface area contributed by atoms with Gasteiger partial charge in [-0.25, -0.2) is 0 Å². The number of ether oxygens (including phenoxy) is 2. The molecule has 2 aliphatic rings. The fourth-order valence-corrected chi connectivity index (χ4v) is 5.54. The highest BCUT2D eigenvalue weighted by atomic mass is 32.1. The van der Waals surface area contributed by atoms with Crippen LogP contribution in [-0.4, -0.2) is 50.4 Å². The van der Waals surface area contributed by atoms with Crippen molar-refractivity contribution in [3.05, 3.63) is 47.0 Å². The minimum Gasteiger partial charge on any atom is -0.495 e. The zero-order chi connectivity index (χ0) is 23.9. The summed E-state index contributed by atoms with van der Waals surface area (Å²) in [7, 11) is 1.74. The van der Waals surface area contributed by atoms with Crippen LogP contribution in [-0.2, 0) is 17.7 Å². The number of fused-ring (bicyclic) bond motifs is 3. The van der Waals surface area contributed by atoms with Crippen LogP contribution >= 0.6 is 11.3 Å². The molecule has 1 fully saturated rings. The lowest BCUT2D eigenvalue weighted by molar-refractivity contribution is 0.0930. The predicted molar refractivity (Wildman–Crippen MR) is 138 cm³/mol. The minimum absolute atomic E-state index is 0.00987. The average Bonchev–Trinajstić information content (AvgIpc) is 3.50. The zero-order valence-electron chi connectivity index (χ0n) is 20.4. The molecule has 5 rings (SSSR count). The number of rotatable bonds is 5. The van der Waals surface area contributed by atoms with Gasteiger partial charge in [0.25, 0.3) is 5.91 Å². The quantitative estimate of drug-likeness (QED) is 0.556. The number of nitrogens with one attached hydrogen (secondary N) is 1. The van der Waals surface area contributed by atoms with Gasteiger partial charge in [-0.05, 0) is 47.0 Å². The summed E-state index contributed by atoms with van der Waals surface area (Å²) in [6.07, 6.45) is 0.861. The summed E-state index contributed by atoms with van der Waals surface area (Å²) in [5, 5.41) is 5.25. The molecule has 4 heterocycles. The van der Waals surface area contributed by atoms with Gasteiger partial charge in [0.1, 0.15) is 11.4 Å². The molecule has 0 atom stereocenters. The molecule has 0 unspecified atom stereocenters. The van der Waals surface area contributed by atoms with Gasteiger partial charge in [0.2, 0.25) is 0 Å². The van der Waals surface area contributed by atoms with Crippen LogP contribution in [0.2, 0.25) is 0 Å². The van der Waals surface area contributed by atoms with Crippen molar-refractivity contribution in [3.8, 4) is 27.4 Å². The molecular weight excluding hydrogens is 446 g/mol. The number of anilines is 1. The summed E-state index contributed by atoms with van der Waals surface area (Å²) in [5.74, 6) is 0.894. The van der Waals surface area contributed by atoms with E-state index >= 15 is 0 Å². The predicted octanol–water partition coefficient (Wildman–Crippen LogP) is 5.06. The maximum absolute atomic E-state index is 13.3. The van der Waals surface area contributed by atoms with E-state index in [9.17, 15) is 4.79 Å². The van der Waals surface area contributed by atoms with Crippen LogP contribution < -0.4 is 15.0 Å². The lowest BCUT2D eigenvalue weighted by Gasteiger charge is -2.32. The Labute approximate surface area is 205 Å². The topological polar surface area (TPSA) is 55.7 Å². The van der Waals surface area contributed by atoms with Crippen LogP contribution in [0.1, 0.15) is 36.8 Å². The zero-order valence-corrected chi connectivity index (χ0v) is 21.3. The summed E-state index contributed by atoms with van der Waals surface area (Å²) in [6.45, 7) is 10.9. The Balaban J connectivity index is 1.64. The van der Waals surface area contributed by atoms with Crippen molar-refractivity contribution in [2.75, 3.05) is 44.9 Å². The highest BCUT2D eigenvalue weighted by Gasteiger charge is 2.29. The Morgan fingerprint density at radius 2 is 1.94 bits per heavy atom. The summed E-state index contributed by atoms with van der Waals surface area (Å²) in [4.78, 5) is 16.8. The van der Waals surface area contributed by atoms with Crippen LogP contribution in [0.5, 0.6) is 5.75 Å². The number of hydrogen-bond donors (Lipinski definition) is 1. The summed E-state index contributed by atoms with van der Waals surface area (Å²) in [5.41, 5.74) is 6.55. The maximum Gasteiger partial charge on any atom is 0.267 e. The van der Waals surface area contributed by atoms with E-state index in [-0.39, 0.29) is 11.3 Å². The van der Waals surface area contributed by atoms with E-state index in [2.05, 4.69) is 71.3 Å². The Morgan fingerprint density at radius 1 is 1.15 bits per heavy atom. The number of carbonyl (C=O) groups excluding carboxylic acids is 1. The third-order valence-corrected chi connectivity index (χ3v) is 7.41. The lowest BCUT2D eigenvalue weighted by atomic mass is 9.94. The van der Waals surface area contributed by atoms with Gasteiger partial charge in [-0.1, -0.05) is 26.8 Å². The summed E-state index contributed by atoms with van der Waals surface area (Å²) >= 11 is 1.71. The molecule has 180 valence electrons. The molecule has 3 aromatic rings. The number of aromatic nitrogens is 1. The van der Waals surface area contributed by atoms with E-state index in [1.165, 1.54) is 16.0 Å². The van der Waals surface area contributed by atoms with E-state index in [1.807, 2.05) is 0 Å². The first-order valence-electron chi connectivity index (χ1n) is 12.0. The highest BCUT2D eigenvalue weighted by molar-refractivity contribution is 7.13. The number of methoxy groups -OCH3 is 1. The fraction of sp³-hybridized carbons (Fsp3) is 0.444. The molecule has 1 amide bonds. The first-order chi connectivity index (χ1) is 16.4. The second kappa shape index (κ2) is 9.12. The number of amides is 1. The number of hydrogen-bond acceptors (Lipinski definition) is 5. The first kappa shape index (κ1) is 23.0. The summed E-state index contributed by atoms with van der Waals surface area (Å²) < 4.78 is 13.6. The molecule has 0 spiro atoms. The number of morpholine rings is 1. The van der Waals surface area contributed by atoms with Gasteiger partial charge in [0.15, 0.2) is 0 Å². The Morgan fingerprint density at radius 3 is 2.62 bits per heavy atom. The van der Waals surface area contributed by atoms with E-state index < -0.39 is 0 Å². The standard InChI is InChI=1S/C27H33N3O3S/c1-27(2,3)17-28-26(31)22-16-20(24-6-5-13-34-24)25-19-15-21(29-9-11-33-12-10-29)23(32-4)14-18(19)7-8-30(22)25/h5-6,13-16H,7-12,17H2,1-4H3,(H,28,31). The van der Waals surface area contributed by atoms with Gasteiger partial charge in [0.05, 0.1) is 31.7 Å². The Hall–Kier alpha value is -2.77. The Bertz CT molecular complexity index is 1180. The third kappa shape index (κ3) is 4.34. The minimum atomic E-state index is -0.00987. The molecule has 1 aromatic carbocycles. The molecule has 7 heteroatoms. The van der Waals surface area contributed by atoms with E-state index in [0.717, 1.165) is 67.7 Å². The van der Waals surface area contributed by atoms with Crippen LogP contribution in [0.3, 0.4) is 0 Å². The Kier molecular flexibility index (Phi) is 6.16. The SMILES string of the molecule is COc1cc2c(cc1N1CCOCC1)-c1c(-c3cccs3)cc(C(=O)NCC(C)(C)C)n1CC2. The van der Waals surface area contributed by atoms with Crippen molar-refractivity contribution in [2.45, 2.75) is 33.7 Å². The van der Waals surface area contributed by atoms with Crippen molar-refractivity contribution in [1.29, 1.82) is 0 Å². The molecule has 0 bridgehead atoms. The molecule has 1 saturated heterocycles. The molecular formula is C27H33N3O3S. The maximum atomic E-state index is 13.3. The van der Waals surface area contributed by atoms with Crippen LogP contribution in [0.15, 0.2) is 35.7 Å². The third-order valence-electron chi connectivity index (χ3n) is 6.51. The molecule has 0 saturated carbocycles. The van der Waals surface area contributed by atoms with Crippen molar-refractivity contribution in [1.82, 2.24) is 9.88 Å². The van der Waals surface area contributed by atoms with E-state index in [4.69, 9.17) is 9.47 Å². The van der Waals surface area contributed by atoms with Crippen molar-refractivity contribution >= 4 is 22.9 Å². The van der Waals surface area contributed by atoms with Crippen LogP contribution in [0.25, 0.3) is 21.7 Å². The molecule has 6 nitrogen and oxygen atoms in total. The normalized spacial score (nSPS) is 15.6. The average molecular weight is 480 g/mol. The smallest absolute Gasteiger partial charge is 0.267 e. The van der Waals surface area contributed by atoms with Crippen molar-refractivity contribution < 1.29 is 14.3 Å². The second-order valence-electron chi connectivity index (χ2n) is 10.2. The molecule has 0 aliphatic carbocycles. The number of aryl methyl sites for hydroxylation is 1. The fourth-order valence-electron chi connectivity index (χ4n) is 4.80. The number of nitrogens with zero attached hydrogens (tertiary/aromatic N) is 2. The molecule has 2 aromatic heterocycles. The van der Waals surface area contributed by atoms with Crippen molar-refractivity contribution in [3.63, 3.8) is 0 Å².